The maximum absolute atomic E-state index is 11.6. The Bertz CT molecular complexity index is 305. The summed E-state index contributed by atoms with van der Waals surface area (Å²) < 4.78 is 23.1. The molecule has 0 fully saturated rings. The smallest absolute Gasteiger partial charge is 0.152 e. The fourth-order valence-electron chi connectivity index (χ4n) is 1.24. The van der Waals surface area contributed by atoms with Gasteiger partial charge in [-0.3, -0.25) is 0 Å². The molecule has 0 rings (SSSR count). The van der Waals surface area contributed by atoms with E-state index in [-0.39, 0.29) is 11.0 Å². The van der Waals surface area contributed by atoms with Crippen LogP contribution in [0.3, 0.4) is 0 Å². The second kappa shape index (κ2) is 7.85. The van der Waals surface area contributed by atoms with Crippen LogP contribution in [0, 0.1) is 0 Å². The quantitative estimate of drug-likeness (QED) is 0.528. The molecule has 0 aliphatic carbocycles. The molecule has 16 heavy (non-hydrogen) atoms. The predicted molar refractivity (Wildman–Crippen MR) is 70.5 cm³/mol. The van der Waals surface area contributed by atoms with Gasteiger partial charge in [-0.25, -0.2) is 8.42 Å². The molecule has 0 bridgehead atoms. The fourth-order valence-corrected chi connectivity index (χ4v) is 2.32. The van der Waals surface area contributed by atoms with E-state index in [1.165, 1.54) is 5.57 Å². The van der Waals surface area contributed by atoms with Gasteiger partial charge in [-0.15, -0.1) is 0 Å². The monoisotopic (exact) mass is 247 g/mol. The Morgan fingerprint density at radius 3 is 2.50 bits per heavy atom. The lowest BCUT2D eigenvalue weighted by Crippen LogP contribution is -2.17. The van der Waals surface area contributed by atoms with Crippen molar-refractivity contribution in [3.05, 3.63) is 11.6 Å². The van der Waals surface area contributed by atoms with Crippen LogP contribution in [0.1, 0.15) is 40.5 Å². The predicted octanol–water partition coefficient (Wildman–Crippen LogP) is 2.15. The van der Waals surface area contributed by atoms with Crippen LogP contribution in [0.5, 0.6) is 0 Å². The van der Waals surface area contributed by atoms with Crippen LogP contribution in [0.4, 0.5) is 0 Å². The fraction of sp³-hybridized carbons (Fsp3) is 0.833. The van der Waals surface area contributed by atoms with Crippen LogP contribution in [0.25, 0.3) is 0 Å². The van der Waals surface area contributed by atoms with Gasteiger partial charge in [-0.1, -0.05) is 18.6 Å². The van der Waals surface area contributed by atoms with Gasteiger partial charge in [-0.2, -0.15) is 0 Å². The van der Waals surface area contributed by atoms with Gasteiger partial charge in [0, 0.05) is 0 Å². The summed E-state index contributed by atoms with van der Waals surface area (Å²) in [7, 11) is -2.88. The highest BCUT2D eigenvalue weighted by Crippen LogP contribution is 2.08. The van der Waals surface area contributed by atoms with Crippen molar-refractivity contribution in [1.29, 1.82) is 0 Å². The molecule has 0 radical (unpaired) electrons. The topological polar surface area (TPSA) is 46.2 Å². The largest absolute Gasteiger partial charge is 0.317 e. The highest BCUT2D eigenvalue weighted by atomic mass is 32.2. The van der Waals surface area contributed by atoms with Gasteiger partial charge in [0.05, 0.1) is 11.0 Å². The minimum absolute atomic E-state index is 0.262. The summed E-state index contributed by atoms with van der Waals surface area (Å²) in [4.78, 5) is 0. The lowest BCUT2D eigenvalue weighted by Gasteiger charge is -2.07. The van der Waals surface area contributed by atoms with Gasteiger partial charge in [0.25, 0.3) is 0 Å². The van der Waals surface area contributed by atoms with Crippen molar-refractivity contribution in [1.82, 2.24) is 5.32 Å². The third kappa shape index (κ3) is 7.01. The molecule has 0 atom stereocenters. The summed E-state index contributed by atoms with van der Waals surface area (Å²) in [6.45, 7) is 9.49. The summed E-state index contributed by atoms with van der Waals surface area (Å²) in [5.41, 5.74) is 1.17. The molecule has 0 aromatic rings. The molecule has 96 valence electrons. The molecule has 4 heteroatoms. The third-order valence-electron chi connectivity index (χ3n) is 2.56. The van der Waals surface area contributed by atoms with Crippen molar-refractivity contribution in [2.45, 2.75) is 45.8 Å². The van der Waals surface area contributed by atoms with Gasteiger partial charge < -0.3 is 5.32 Å². The molecular formula is C12H25NO2S. The summed E-state index contributed by atoms with van der Waals surface area (Å²) >= 11 is 0. The molecule has 0 unspecified atom stereocenters. The first kappa shape index (κ1) is 15.7. The van der Waals surface area contributed by atoms with E-state index in [0.717, 1.165) is 19.5 Å². The molecular weight excluding hydrogens is 222 g/mol. The lowest BCUT2D eigenvalue weighted by atomic mass is 10.2. The molecule has 3 nitrogen and oxygen atoms in total. The summed E-state index contributed by atoms with van der Waals surface area (Å²) in [6, 6.07) is 0. The molecule has 0 aromatic heterocycles. The Hall–Kier alpha value is -0.350. The number of nitrogens with one attached hydrogen (secondary N) is 1. The van der Waals surface area contributed by atoms with Crippen LogP contribution in [0.2, 0.25) is 0 Å². The minimum Gasteiger partial charge on any atom is -0.317 e. The van der Waals surface area contributed by atoms with E-state index in [1.807, 2.05) is 6.92 Å². The molecule has 1 N–H and O–H groups in total. The number of hydrogen-bond donors (Lipinski definition) is 1. The normalized spacial score (nSPS) is 13.4. The van der Waals surface area contributed by atoms with Gasteiger partial charge in [0.2, 0.25) is 0 Å². The molecule has 0 saturated carbocycles. The van der Waals surface area contributed by atoms with Crippen LogP contribution >= 0.6 is 0 Å². The molecule has 0 aromatic carbocycles. The zero-order valence-corrected chi connectivity index (χ0v) is 11.7. The van der Waals surface area contributed by atoms with Crippen molar-refractivity contribution in [2.75, 3.05) is 18.8 Å². The second-order valence-electron chi connectivity index (χ2n) is 4.36. The first-order valence-corrected chi connectivity index (χ1v) is 7.69. The number of hydrogen-bond acceptors (Lipinski definition) is 3. The minimum atomic E-state index is -2.88. The Morgan fingerprint density at radius 1 is 1.38 bits per heavy atom. The van der Waals surface area contributed by atoms with E-state index in [1.54, 1.807) is 13.8 Å². The average molecular weight is 247 g/mol. The van der Waals surface area contributed by atoms with Gasteiger partial charge in [0.1, 0.15) is 0 Å². The maximum atomic E-state index is 11.6. The number of sulfone groups is 1. The molecule has 0 saturated heterocycles. The Labute approximate surface area is 100 Å². The molecule has 0 heterocycles. The zero-order chi connectivity index (χ0) is 12.6. The third-order valence-corrected chi connectivity index (χ3v) is 4.77. The van der Waals surface area contributed by atoms with E-state index >= 15 is 0 Å². The van der Waals surface area contributed by atoms with Crippen LogP contribution in [-0.2, 0) is 9.84 Å². The van der Waals surface area contributed by atoms with Gasteiger partial charge in [-0.05, 0) is 46.7 Å². The molecule has 0 amide bonds. The summed E-state index contributed by atoms with van der Waals surface area (Å²) in [5, 5.41) is 2.97. The molecule has 0 aliphatic rings. The number of rotatable bonds is 8. The van der Waals surface area contributed by atoms with Crippen LogP contribution < -0.4 is 5.32 Å². The molecule has 0 aliphatic heterocycles. The lowest BCUT2D eigenvalue weighted by molar-refractivity contribution is 0.586. The van der Waals surface area contributed by atoms with Gasteiger partial charge >= 0.3 is 0 Å². The second-order valence-corrected chi connectivity index (χ2v) is 7.04. The first-order valence-electron chi connectivity index (χ1n) is 5.98. The molecule has 0 spiro atoms. The van der Waals surface area contributed by atoms with Crippen LogP contribution in [0.15, 0.2) is 11.6 Å². The average Bonchev–Trinajstić information content (AvgIpc) is 2.21. The van der Waals surface area contributed by atoms with E-state index in [9.17, 15) is 8.42 Å². The van der Waals surface area contributed by atoms with Crippen LogP contribution in [-0.4, -0.2) is 32.5 Å². The van der Waals surface area contributed by atoms with Crippen molar-refractivity contribution >= 4 is 9.84 Å². The highest BCUT2D eigenvalue weighted by molar-refractivity contribution is 7.91. The van der Waals surface area contributed by atoms with Crippen molar-refractivity contribution in [3.8, 4) is 0 Å². The Balaban J connectivity index is 3.93. The Morgan fingerprint density at radius 2 is 2.00 bits per heavy atom. The zero-order valence-electron chi connectivity index (χ0n) is 10.9. The van der Waals surface area contributed by atoms with E-state index in [4.69, 9.17) is 0 Å². The first-order chi connectivity index (χ1) is 7.40. The Kier molecular flexibility index (Phi) is 7.68. The maximum Gasteiger partial charge on any atom is 0.152 e. The van der Waals surface area contributed by atoms with Crippen molar-refractivity contribution in [3.63, 3.8) is 0 Å². The highest BCUT2D eigenvalue weighted by Gasteiger charge is 2.15. The van der Waals surface area contributed by atoms with E-state index in [0.29, 0.717) is 6.42 Å². The van der Waals surface area contributed by atoms with Crippen molar-refractivity contribution in [2.24, 2.45) is 0 Å². The SMILES string of the molecule is CCNCC/C=C(/C)CCS(=O)(=O)C(C)C. The van der Waals surface area contributed by atoms with E-state index in [2.05, 4.69) is 18.3 Å². The number of allylic oxidation sites excluding steroid dienone is 1. The van der Waals surface area contributed by atoms with E-state index < -0.39 is 9.84 Å². The van der Waals surface area contributed by atoms with Gasteiger partial charge in [0.15, 0.2) is 9.84 Å². The summed E-state index contributed by atoms with van der Waals surface area (Å²) in [6.07, 6.45) is 3.76. The van der Waals surface area contributed by atoms with Crippen molar-refractivity contribution < 1.29 is 8.42 Å². The standard InChI is InChI=1S/C12H25NO2S/c1-5-13-9-6-7-12(4)8-10-16(14,15)11(2)3/h7,11,13H,5-6,8-10H2,1-4H3/b12-7-. The summed E-state index contributed by atoms with van der Waals surface area (Å²) in [5.74, 6) is 0.272.